The molecular formula is C20H21Cl2N5O. The van der Waals surface area contributed by atoms with Gasteiger partial charge in [-0.25, -0.2) is 4.98 Å². The van der Waals surface area contributed by atoms with Gasteiger partial charge in [0, 0.05) is 35.5 Å². The van der Waals surface area contributed by atoms with Crippen molar-refractivity contribution in [3.63, 3.8) is 0 Å². The molecule has 1 aromatic carbocycles. The average Bonchev–Trinajstić information content (AvgIpc) is 3.40. The molecule has 4 heterocycles. The number of nitrogens with zero attached hydrogens (tertiary/aromatic N) is 3. The summed E-state index contributed by atoms with van der Waals surface area (Å²) in [5.41, 5.74) is 9.78. The number of fused-ring (bicyclic) bond motifs is 1. The van der Waals surface area contributed by atoms with E-state index < -0.39 is 0 Å². The van der Waals surface area contributed by atoms with Crippen LogP contribution < -0.4 is 11.1 Å². The van der Waals surface area contributed by atoms with E-state index in [1.807, 2.05) is 47.3 Å². The highest BCUT2D eigenvalue weighted by Crippen LogP contribution is 2.33. The summed E-state index contributed by atoms with van der Waals surface area (Å²) in [6, 6.07) is 12.4. The Bertz CT molecular complexity index is 1050. The topological polar surface area (TPSA) is 81.9 Å². The van der Waals surface area contributed by atoms with Gasteiger partial charge in [0.15, 0.2) is 0 Å². The van der Waals surface area contributed by atoms with Crippen LogP contribution in [0.2, 0.25) is 0 Å². The molecule has 0 spiro atoms. The zero-order chi connectivity index (χ0) is 17.5. The van der Waals surface area contributed by atoms with Crippen molar-refractivity contribution in [3.05, 3.63) is 55.0 Å². The Morgan fingerprint density at radius 3 is 2.75 bits per heavy atom. The summed E-state index contributed by atoms with van der Waals surface area (Å²) < 4.78 is 8.00. The second-order valence-electron chi connectivity index (χ2n) is 6.66. The summed E-state index contributed by atoms with van der Waals surface area (Å²) in [4.78, 5) is 4.38. The first kappa shape index (κ1) is 20.2. The van der Waals surface area contributed by atoms with Crippen LogP contribution in [0, 0.1) is 0 Å². The SMILES string of the molecule is Cl.Cl.Nc1ncc(-c2cnn(C3CCNC3)c2)cc1-c1cc2ccccc2o1. The highest BCUT2D eigenvalue weighted by molar-refractivity contribution is 5.86. The van der Waals surface area contributed by atoms with Gasteiger partial charge < -0.3 is 15.5 Å². The molecule has 28 heavy (non-hydrogen) atoms. The Balaban J connectivity index is 0.00000112. The lowest BCUT2D eigenvalue weighted by atomic mass is 10.1. The van der Waals surface area contributed by atoms with E-state index in [2.05, 4.69) is 21.6 Å². The van der Waals surface area contributed by atoms with Crippen LogP contribution in [0.4, 0.5) is 5.82 Å². The van der Waals surface area contributed by atoms with E-state index in [-0.39, 0.29) is 24.8 Å². The maximum atomic E-state index is 6.13. The van der Waals surface area contributed by atoms with E-state index in [0.29, 0.717) is 11.9 Å². The molecule has 1 fully saturated rings. The lowest BCUT2D eigenvalue weighted by Gasteiger charge is -2.08. The monoisotopic (exact) mass is 417 g/mol. The normalized spacial score (nSPS) is 15.9. The smallest absolute Gasteiger partial charge is 0.139 e. The molecule has 8 heteroatoms. The van der Waals surface area contributed by atoms with Crippen molar-refractivity contribution in [2.75, 3.05) is 18.8 Å². The molecule has 1 atom stereocenters. The zero-order valence-corrected chi connectivity index (χ0v) is 16.7. The summed E-state index contributed by atoms with van der Waals surface area (Å²) in [5, 5.41) is 8.95. The molecule has 0 saturated carbocycles. The van der Waals surface area contributed by atoms with Gasteiger partial charge in [-0.05, 0) is 31.2 Å². The van der Waals surface area contributed by atoms with Crippen molar-refractivity contribution < 1.29 is 4.42 Å². The van der Waals surface area contributed by atoms with Crippen LogP contribution in [0.1, 0.15) is 12.5 Å². The van der Waals surface area contributed by atoms with Gasteiger partial charge in [-0.15, -0.1) is 24.8 Å². The van der Waals surface area contributed by atoms with Crippen LogP contribution in [-0.2, 0) is 0 Å². The number of pyridine rings is 1. The summed E-state index contributed by atoms with van der Waals surface area (Å²) in [5.74, 6) is 1.19. The fourth-order valence-electron chi connectivity index (χ4n) is 3.50. The fraction of sp³-hybridized carbons (Fsp3) is 0.200. The standard InChI is InChI=1S/C20H19N5O.2ClH/c21-20-17(19-8-13-3-1-2-4-18(13)26-19)7-14(9-23-20)15-10-24-25(12-15)16-5-6-22-11-16;;/h1-4,7-10,12,16,22H,5-6,11H2,(H2,21,23);2*1H. The Labute approximate surface area is 174 Å². The van der Waals surface area contributed by atoms with E-state index in [9.17, 15) is 0 Å². The third kappa shape index (κ3) is 3.58. The third-order valence-electron chi connectivity index (χ3n) is 4.95. The number of furan rings is 1. The number of rotatable bonds is 3. The van der Waals surface area contributed by atoms with Crippen LogP contribution in [0.5, 0.6) is 0 Å². The summed E-state index contributed by atoms with van der Waals surface area (Å²) in [6.07, 6.45) is 6.85. The van der Waals surface area contributed by atoms with Gasteiger partial charge in [-0.2, -0.15) is 5.10 Å². The molecule has 0 aliphatic carbocycles. The molecule has 0 amide bonds. The fourth-order valence-corrected chi connectivity index (χ4v) is 3.50. The van der Waals surface area contributed by atoms with E-state index in [1.165, 1.54) is 0 Å². The summed E-state index contributed by atoms with van der Waals surface area (Å²) in [6.45, 7) is 2.00. The van der Waals surface area contributed by atoms with Crippen LogP contribution in [0.25, 0.3) is 33.4 Å². The molecule has 1 aliphatic rings. The molecule has 6 nitrogen and oxygen atoms in total. The van der Waals surface area contributed by atoms with Gasteiger partial charge in [-0.3, -0.25) is 4.68 Å². The maximum absolute atomic E-state index is 6.13. The number of nitrogens with one attached hydrogen (secondary N) is 1. The quantitative estimate of drug-likeness (QED) is 0.518. The number of benzene rings is 1. The molecule has 146 valence electrons. The molecule has 1 unspecified atom stereocenters. The Hall–Kier alpha value is -2.54. The zero-order valence-electron chi connectivity index (χ0n) is 15.0. The molecule has 5 rings (SSSR count). The van der Waals surface area contributed by atoms with Gasteiger partial charge in [0.25, 0.3) is 0 Å². The van der Waals surface area contributed by atoms with Gasteiger partial charge in [0.05, 0.1) is 17.8 Å². The number of halogens is 2. The van der Waals surface area contributed by atoms with Gasteiger partial charge in [0.2, 0.25) is 0 Å². The number of hydrogen-bond acceptors (Lipinski definition) is 5. The van der Waals surface area contributed by atoms with Gasteiger partial charge >= 0.3 is 0 Å². The van der Waals surface area contributed by atoms with Crippen LogP contribution in [-0.4, -0.2) is 27.9 Å². The third-order valence-corrected chi connectivity index (χ3v) is 4.95. The van der Waals surface area contributed by atoms with E-state index in [0.717, 1.165) is 52.9 Å². The Morgan fingerprint density at radius 2 is 1.96 bits per heavy atom. The molecular weight excluding hydrogens is 397 g/mol. The summed E-state index contributed by atoms with van der Waals surface area (Å²) in [7, 11) is 0. The predicted molar refractivity (Wildman–Crippen MR) is 116 cm³/mol. The molecule has 4 aromatic rings. The first-order chi connectivity index (χ1) is 12.8. The van der Waals surface area contributed by atoms with Crippen LogP contribution in [0.15, 0.2) is 59.4 Å². The first-order valence-corrected chi connectivity index (χ1v) is 8.78. The first-order valence-electron chi connectivity index (χ1n) is 8.78. The second kappa shape index (κ2) is 8.22. The number of nitrogen functional groups attached to an aromatic ring is 1. The van der Waals surface area contributed by atoms with Crippen LogP contribution >= 0.6 is 24.8 Å². The van der Waals surface area contributed by atoms with Crippen molar-refractivity contribution in [1.29, 1.82) is 0 Å². The van der Waals surface area contributed by atoms with Gasteiger partial charge in [-0.1, -0.05) is 18.2 Å². The average molecular weight is 418 g/mol. The lowest BCUT2D eigenvalue weighted by Crippen LogP contribution is -2.13. The number of anilines is 1. The largest absolute Gasteiger partial charge is 0.456 e. The van der Waals surface area contributed by atoms with E-state index >= 15 is 0 Å². The highest BCUT2D eigenvalue weighted by atomic mass is 35.5. The van der Waals surface area contributed by atoms with E-state index in [1.54, 1.807) is 6.20 Å². The molecule has 1 aliphatic heterocycles. The minimum absolute atomic E-state index is 0. The van der Waals surface area contributed by atoms with Crippen molar-refractivity contribution in [3.8, 4) is 22.5 Å². The Kier molecular flexibility index (Phi) is 5.93. The van der Waals surface area contributed by atoms with Crippen LogP contribution in [0.3, 0.4) is 0 Å². The lowest BCUT2D eigenvalue weighted by molar-refractivity contribution is 0.491. The molecule has 3 aromatic heterocycles. The second-order valence-corrected chi connectivity index (χ2v) is 6.66. The van der Waals surface area contributed by atoms with E-state index in [4.69, 9.17) is 10.2 Å². The van der Waals surface area contributed by atoms with Crippen molar-refractivity contribution in [1.82, 2.24) is 20.1 Å². The van der Waals surface area contributed by atoms with Crippen molar-refractivity contribution in [2.24, 2.45) is 0 Å². The summed E-state index contributed by atoms with van der Waals surface area (Å²) >= 11 is 0. The maximum Gasteiger partial charge on any atom is 0.139 e. The molecule has 1 saturated heterocycles. The molecule has 0 bridgehead atoms. The number of hydrogen-bond donors (Lipinski definition) is 2. The Morgan fingerprint density at radius 1 is 1.11 bits per heavy atom. The van der Waals surface area contributed by atoms with Crippen molar-refractivity contribution >= 4 is 41.6 Å². The number of aromatic nitrogens is 3. The predicted octanol–water partition coefficient (Wildman–Crippen LogP) is 4.32. The molecule has 3 N–H and O–H groups in total. The number of para-hydroxylation sites is 1. The van der Waals surface area contributed by atoms with Crippen molar-refractivity contribution in [2.45, 2.75) is 12.5 Å². The number of nitrogens with two attached hydrogens (primary N) is 1. The molecule has 0 radical (unpaired) electrons. The van der Waals surface area contributed by atoms with Gasteiger partial charge in [0.1, 0.15) is 17.2 Å². The minimum Gasteiger partial charge on any atom is -0.456 e. The minimum atomic E-state index is 0. The highest BCUT2D eigenvalue weighted by Gasteiger charge is 2.18.